The summed E-state index contributed by atoms with van der Waals surface area (Å²) in [5, 5.41) is 2.90. The summed E-state index contributed by atoms with van der Waals surface area (Å²) >= 11 is 0. The maximum absolute atomic E-state index is 12.2. The highest BCUT2D eigenvalue weighted by atomic mass is 16.2. The van der Waals surface area contributed by atoms with Crippen molar-refractivity contribution in [2.24, 2.45) is 0 Å². The maximum Gasteiger partial charge on any atom is 0.248 e. The summed E-state index contributed by atoms with van der Waals surface area (Å²) in [6.45, 7) is 7.69. The molecule has 5 heteroatoms. The second-order valence-electron chi connectivity index (χ2n) is 8.21. The molecule has 2 aromatic carbocycles. The third kappa shape index (κ3) is 5.50. The first-order valence-electron chi connectivity index (χ1n) is 10.5. The van der Waals surface area contributed by atoms with Crippen LogP contribution in [0.25, 0.3) is 6.08 Å². The van der Waals surface area contributed by atoms with Gasteiger partial charge in [0.2, 0.25) is 11.8 Å². The monoisotopic (exact) mass is 405 g/mol. The van der Waals surface area contributed by atoms with Crippen molar-refractivity contribution in [3.63, 3.8) is 0 Å². The van der Waals surface area contributed by atoms with Crippen LogP contribution in [0.5, 0.6) is 0 Å². The van der Waals surface area contributed by atoms with Crippen LogP contribution < -0.4 is 10.2 Å². The van der Waals surface area contributed by atoms with Gasteiger partial charge in [-0.15, -0.1) is 0 Å². The fourth-order valence-electron chi connectivity index (χ4n) is 3.65. The zero-order valence-electron chi connectivity index (χ0n) is 18.3. The largest absolute Gasteiger partial charge is 0.369 e. The highest BCUT2D eigenvalue weighted by Crippen LogP contribution is 2.24. The average molecular weight is 406 g/mol. The van der Waals surface area contributed by atoms with Crippen molar-refractivity contribution in [1.82, 2.24) is 4.90 Å². The van der Waals surface area contributed by atoms with Crippen molar-refractivity contribution < 1.29 is 9.59 Å². The Labute approximate surface area is 179 Å². The number of likely N-dealkylation sites (N-methyl/N-ethyl adjacent to an activating group) is 1. The van der Waals surface area contributed by atoms with Gasteiger partial charge in [0.25, 0.3) is 0 Å². The maximum atomic E-state index is 12.2. The van der Waals surface area contributed by atoms with Gasteiger partial charge in [0.15, 0.2) is 0 Å². The van der Waals surface area contributed by atoms with Gasteiger partial charge in [0.1, 0.15) is 0 Å². The minimum Gasteiger partial charge on any atom is -0.369 e. The van der Waals surface area contributed by atoms with Gasteiger partial charge in [0, 0.05) is 44.5 Å². The molecule has 0 aliphatic carbocycles. The zero-order chi connectivity index (χ0) is 21.7. The van der Waals surface area contributed by atoms with Crippen LogP contribution in [0.15, 0.2) is 54.6 Å². The number of amides is 2. The number of nitrogens with one attached hydrogen (secondary N) is 1. The Kier molecular flexibility index (Phi) is 6.93. The van der Waals surface area contributed by atoms with Gasteiger partial charge < -0.3 is 15.1 Å². The van der Waals surface area contributed by atoms with Gasteiger partial charge >= 0.3 is 0 Å². The number of nitrogens with zero attached hydrogens (tertiary/aromatic N) is 2. The Hall–Kier alpha value is -3.08. The van der Waals surface area contributed by atoms with Crippen molar-refractivity contribution >= 4 is 29.3 Å². The molecule has 0 saturated carbocycles. The van der Waals surface area contributed by atoms with Crippen LogP contribution in [0.4, 0.5) is 11.4 Å². The van der Waals surface area contributed by atoms with Crippen LogP contribution in [-0.4, -0.2) is 42.9 Å². The van der Waals surface area contributed by atoms with Crippen molar-refractivity contribution in [3.8, 4) is 0 Å². The number of anilines is 2. The van der Waals surface area contributed by atoms with Crippen LogP contribution in [0, 0.1) is 0 Å². The number of hydrogen-bond acceptors (Lipinski definition) is 3. The summed E-state index contributed by atoms with van der Waals surface area (Å²) in [5.41, 5.74) is 4.16. The molecular weight excluding hydrogens is 374 g/mol. The highest BCUT2D eigenvalue weighted by molar-refractivity contribution is 6.02. The fourth-order valence-corrected chi connectivity index (χ4v) is 3.65. The molecule has 1 heterocycles. The van der Waals surface area contributed by atoms with Gasteiger partial charge in [-0.05, 0) is 53.8 Å². The van der Waals surface area contributed by atoms with Gasteiger partial charge in [0.05, 0.1) is 6.04 Å². The lowest BCUT2D eigenvalue weighted by atomic mass is 10.0. The van der Waals surface area contributed by atoms with E-state index in [-0.39, 0.29) is 17.9 Å². The number of rotatable bonds is 6. The van der Waals surface area contributed by atoms with Crippen molar-refractivity contribution in [2.75, 3.05) is 30.4 Å². The first-order valence-corrected chi connectivity index (χ1v) is 10.5. The molecule has 2 amide bonds. The molecule has 1 unspecified atom stereocenters. The van der Waals surface area contributed by atoms with Gasteiger partial charge in [-0.3, -0.25) is 9.59 Å². The number of hydrogen-bond donors (Lipinski definition) is 1. The summed E-state index contributed by atoms with van der Waals surface area (Å²) in [6.07, 6.45) is 4.35. The number of carbonyl (C=O) groups is 2. The molecule has 1 aliphatic rings. The Balaban J connectivity index is 1.54. The molecule has 2 aromatic rings. The molecule has 158 valence electrons. The Bertz CT molecular complexity index is 901. The van der Waals surface area contributed by atoms with E-state index in [1.54, 1.807) is 13.0 Å². The topological polar surface area (TPSA) is 52.7 Å². The molecule has 0 bridgehead atoms. The van der Waals surface area contributed by atoms with Crippen LogP contribution in [0.2, 0.25) is 0 Å². The summed E-state index contributed by atoms with van der Waals surface area (Å²) in [4.78, 5) is 27.9. The van der Waals surface area contributed by atoms with E-state index < -0.39 is 0 Å². The van der Waals surface area contributed by atoms with E-state index >= 15 is 0 Å². The normalized spacial score (nSPS) is 16.3. The molecular formula is C25H31N3O2. The minimum absolute atomic E-state index is 0.101. The predicted octanol–water partition coefficient (Wildman–Crippen LogP) is 4.52. The SMILES string of the molecule is CC(=O)N(C)C1CCN(c2ccc(NC(=O)C=Cc3ccc(C(C)C)cc3)cc2)C1. The van der Waals surface area contributed by atoms with E-state index in [1.807, 2.05) is 54.4 Å². The third-order valence-corrected chi connectivity index (χ3v) is 5.74. The van der Waals surface area contributed by atoms with E-state index in [1.165, 1.54) is 5.56 Å². The molecule has 0 radical (unpaired) electrons. The Morgan fingerprint density at radius 3 is 2.37 bits per heavy atom. The van der Waals surface area contributed by atoms with Crippen molar-refractivity contribution in [2.45, 2.75) is 39.2 Å². The summed E-state index contributed by atoms with van der Waals surface area (Å²) < 4.78 is 0. The molecule has 1 saturated heterocycles. The molecule has 1 fully saturated rings. The predicted molar refractivity (Wildman–Crippen MR) is 124 cm³/mol. The average Bonchev–Trinajstić information content (AvgIpc) is 3.22. The van der Waals surface area contributed by atoms with Gasteiger partial charge in [-0.2, -0.15) is 0 Å². The first kappa shape index (κ1) is 21.6. The Morgan fingerprint density at radius 1 is 1.10 bits per heavy atom. The molecule has 1 aliphatic heterocycles. The standard InChI is InChI=1S/C25H31N3O2/c1-18(2)21-8-5-20(6-9-21)7-14-25(30)26-22-10-12-23(13-11-22)28-16-15-24(17-28)27(4)19(3)29/h5-14,18,24H,15-17H2,1-4H3,(H,26,30). The lowest BCUT2D eigenvalue weighted by Gasteiger charge is -2.24. The minimum atomic E-state index is -0.153. The quantitative estimate of drug-likeness (QED) is 0.719. The zero-order valence-corrected chi connectivity index (χ0v) is 18.3. The third-order valence-electron chi connectivity index (χ3n) is 5.74. The van der Waals surface area contributed by atoms with E-state index in [0.29, 0.717) is 5.92 Å². The molecule has 1 atom stereocenters. The smallest absolute Gasteiger partial charge is 0.248 e. The molecule has 3 rings (SSSR count). The summed E-state index contributed by atoms with van der Waals surface area (Å²) in [6, 6.07) is 16.4. The van der Waals surface area contributed by atoms with E-state index in [0.717, 1.165) is 36.4 Å². The number of benzene rings is 2. The first-order chi connectivity index (χ1) is 14.3. The molecule has 30 heavy (non-hydrogen) atoms. The summed E-state index contributed by atoms with van der Waals surface area (Å²) in [5.74, 6) is 0.444. The number of carbonyl (C=O) groups excluding carboxylic acids is 2. The van der Waals surface area contributed by atoms with E-state index in [4.69, 9.17) is 0 Å². The van der Waals surface area contributed by atoms with Gasteiger partial charge in [-0.25, -0.2) is 0 Å². The van der Waals surface area contributed by atoms with Crippen LogP contribution >= 0.6 is 0 Å². The van der Waals surface area contributed by atoms with E-state index in [9.17, 15) is 9.59 Å². The van der Waals surface area contributed by atoms with Crippen molar-refractivity contribution in [1.29, 1.82) is 0 Å². The second kappa shape index (κ2) is 9.61. The van der Waals surface area contributed by atoms with Crippen molar-refractivity contribution in [3.05, 3.63) is 65.7 Å². The van der Waals surface area contributed by atoms with Crippen LogP contribution in [-0.2, 0) is 9.59 Å². The second-order valence-corrected chi connectivity index (χ2v) is 8.21. The molecule has 0 aromatic heterocycles. The molecule has 0 spiro atoms. The Morgan fingerprint density at radius 2 is 1.77 bits per heavy atom. The highest BCUT2D eigenvalue weighted by Gasteiger charge is 2.27. The lowest BCUT2D eigenvalue weighted by molar-refractivity contribution is -0.129. The fraction of sp³-hybridized carbons (Fsp3) is 0.360. The van der Waals surface area contributed by atoms with E-state index in [2.05, 4.69) is 36.2 Å². The molecule has 5 nitrogen and oxygen atoms in total. The summed E-state index contributed by atoms with van der Waals surface area (Å²) in [7, 11) is 1.86. The van der Waals surface area contributed by atoms with Gasteiger partial charge in [-0.1, -0.05) is 38.1 Å². The van der Waals surface area contributed by atoms with Crippen LogP contribution in [0.1, 0.15) is 44.2 Å². The molecule has 1 N–H and O–H groups in total. The van der Waals surface area contributed by atoms with Crippen LogP contribution in [0.3, 0.4) is 0 Å². The lowest BCUT2D eigenvalue weighted by Crippen LogP contribution is -2.37.